The van der Waals surface area contributed by atoms with Gasteiger partial charge < -0.3 is 14.8 Å². The minimum absolute atomic E-state index is 0.570. The van der Waals surface area contributed by atoms with E-state index >= 15 is 0 Å². The van der Waals surface area contributed by atoms with Crippen LogP contribution in [0, 0.1) is 0 Å². The zero-order valence-electron chi connectivity index (χ0n) is 15.7. The van der Waals surface area contributed by atoms with Crippen molar-refractivity contribution in [3.8, 4) is 11.6 Å². The van der Waals surface area contributed by atoms with Crippen molar-refractivity contribution < 1.29 is 9.47 Å². The Hall–Kier alpha value is -3.02. The summed E-state index contributed by atoms with van der Waals surface area (Å²) in [7, 11) is 3.30. The van der Waals surface area contributed by atoms with Crippen LogP contribution in [0.15, 0.2) is 48.5 Å². The summed E-state index contributed by atoms with van der Waals surface area (Å²) < 4.78 is 12.5. The molecule has 1 fully saturated rings. The Morgan fingerprint density at radius 2 is 1.89 bits per heavy atom. The van der Waals surface area contributed by atoms with E-state index in [1.807, 2.05) is 35.0 Å². The quantitative estimate of drug-likeness (QED) is 0.675. The number of ether oxygens (including phenoxy) is 2. The van der Waals surface area contributed by atoms with Gasteiger partial charge in [-0.2, -0.15) is 10.1 Å². The molecular weight excluding hydrogens is 340 g/mol. The Labute approximate surface area is 159 Å². The normalized spacial score (nSPS) is 13.9. The van der Waals surface area contributed by atoms with Gasteiger partial charge in [0.25, 0.3) is 0 Å². The van der Waals surface area contributed by atoms with Crippen LogP contribution in [-0.4, -0.2) is 29.0 Å². The van der Waals surface area contributed by atoms with Gasteiger partial charge in [0, 0.05) is 18.1 Å². The topological polar surface area (TPSA) is 61.2 Å². The van der Waals surface area contributed by atoms with Crippen LogP contribution in [0.1, 0.15) is 36.4 Å². The molecule has 4 rings (SSSR count). The molecule has 0 saturated heterocycles. The van der Waals surface area contributed by atoms with Crippen LogP contribution in [0.4, 0.5) is 11.6 Å². The summed E-state index contributed by atoms with van der Waals surface area (Å²) in [6.45, 7) is 0.684. The zero-order valence-corrected chi connectivity index (χ0v) is 15.7. The molecule has 0 atom stereocenters. The van der Waals surface area contributed by atoms with E-state index in [1.54, 1.807) is 14.2 Å². The first kappa shape index (κ1) is 17.4. The summed E-state index contributed by atoms with van der Waals surface area (Å²) in [6.07, 6.45) is 3.73. The fraction of sp³-hybridized carbons (Fsp3) is 0.333. The first-order valence-electron chi connectivity index (χ1n) is 9.24. The summed E-state index contributed by atoms with van der Waals surface area (Å²) in [5.74, 6) is 3.69. The van der Waals surface area contributed by atoms with Crippen LogP contribution in [0.5, 0.6) is 11.6 Å². The summed E-state index contributed by atoms with van der Waals surface area (Å²) in [5.41, 5.74) is 2.32. The van der Waals surface area contributed by atoms with Crippen LogP contribution in [0.3, 0.4) is 0 Å². The van der Waals surface area contributed by atoms with Crippen LogP contribution in [-0.2, 0) is 6.54 Å². The van der Waals surface area contributed by atoms with Crippen molar-refractivity contribution in [3.63, 3.8) is 0 Å². The number of hydrogen-bond acceptors (Lipinski definition) is 5. The molecule has 6 nitrogen and oxygen atoms in total. The summed E-state index contributed by atoms with van der Waals surface area (Å²) in [4.78, 5) is 4.45. The lowest BCUT2D eigenvalue weighted by atomic mass is 9.83. The Kier molecular flexibility index (Phi) is 4.96. The van der Waals surface area contributed by atoms with Gasteiger partial charge in [-0.15, -0.1) is 0 Å². The average Bonchev–Trinajstić information content (AvgIpc) is 3.02. The lowest BCUT2D eigenvalue weighted by molar-refractivity contribution is 0.398. The van der Waals surface area contributed by atoms with Gasteiger partial charge in [0.05, 0.1) is 26.5 Å². The van der Waals surface area contributed by atoms with Crippen molar-refractivity contribution >= 4 is 11.6 Å². The number of nitrogens with zero attached hydrogens (tertiary/aromatic N) is 3. The van der Waals surface area contributed by atoms with Gasteiger partial charge in [-0.05, 0) is 36.6 Å². The molecule has 2 heterocycles. The number of benzene rings is 1. The van der Waals surface area contributed by atoms with E-state index in [0.717, 1.165) is 23.1 Å². The highest BCUT2D eigenvalue weighted by Gasteiger charge is 2.23. The molecule has 0 bridgehead atoms. The molecule has 1 aliphatic rings. The molecular formula is C21H24N4O2. The molecule has 0 aliphatic heterocycles. The van der Waals surface area contributed by atoms with E-state index in [4.69, 9.17) is 14.6 Å². The van der Waals surface area contributed by atoms with Crippen molar-refractivity contribution in [2.24, 2.45) is 0 Å². The lowest BCUT2D eigenvalue weighted by Gasteiger charge is -2.22. The molecule has 2 aromatic heterocycles. The van der Waals surface area contributed by atoms with E-state index in [-0.39, 0.29) is 0 Å². The molecule has 0 amide bonds. The van der Waals surface area contributed by atoms with Gasteiger partial charge in [-0.25, -0.2) is 4.68 Å². The molecule has 0 unspecified atom stereocenters. The first-order valence-corrected chi connectivity index (χ1v) is 9.24. The molecule has 6 heteroatoms. The van der Waals surface area contributed by atoms with Gasteiger partial charge >= 0.3 is 0 Å². The second-order valence-electron chi connectivity index (χ2n) is 6.78. The average molecular weight is 364 g/mol. The number of nitrogens with one attached hydrogen (secondary N) is 1. The molecule has 1 aromatic carbocycles. The molecule has 1 N–H and O–H groups in total. The third-order valence-electron chi connectivity index (χ3n) is 5.00. The highest BCUT2D eigenvalue weighted by atomic mass is 16.5. The Bertz CT molecular complexity index is 901. The van der Waals surface area contributed by atoms with E-state index in [9.17, 15) is 0 Å². The zero-order chi connectivity index (χ0) is 18.6. The molecule has 1 saturated carbocycles. The number of hydrogen-bond donors (Lipinski definition) is 1. The second kappa shape index (κ2) is 7.70. The second-order valence-corrected chi connectivity index (χ2v) is 6.78. The monoisotopic (exact) mass is 364 g/mol. The highest BCUT2D eigenvalue weighted by molar-refractivity contribution is 5.54. The van der Waals surface area contributed by atoms with Crippen LogP contribution >= 0.6 is 0 Å². The molecule has 0 spiro atoms. The number of pyridine rings is 1. The van der Waals surface area contributed by atoms with E-state index in [2.05, 4.69) is 28.5 Å². The van der Waals surface area contributed by atoms with Crippen molar-refractivity contribution in [2.75, 3.05) is 19.5 Å². The largest absolute Gasteiger partial charge is 0.497 e. The number of anilines is 2. The predicted octanol–water partition coefficient (Wildman–Crippen LogP) is 4.35. The van der Waals surface area contributed by atoms with Crippen molar-refractivity contribution in [1.29, 1.82) is 0 Å². The Morgan fingerprint density at radius 3 is 2.56 bits per heavy atom. The fourth-order valence-electron chi connectivity index (χ4n) is 3.19. The molecule has 0 radical (unpaired) electrons. The maximum atomic E-state index is 5.25. The van der Waals surface area contributed by atoms with Crippen LogP contribution < -0.4 is 14.8 Å². The lowest BCUT2D eigenvalue weighted by Crippen LogP contribution is -2.11. The van der Waals surface area contributed by atoms with Gasteiger partial charge in [0.1, 0.15) is 17.4 Å². The van der Waals surface area contributed by atoms with Crippen molar-refractivity contribution in [2.45, 2.75) is 31.7 Å². The third-order valence-corrected chi connectivity index (χ3v) is 5.00. The molecule has 1 aliphatic carbocycles. The maximum Gasteiger partial charge on any atom is 0.214 e. The predicted molar refractivity (Wildman–Crippen MR) is 105 cm³/mol. The molecule has 3 aromatic rings. The Balaban J connectivity index is 1.60. The van der Waals surface area contributed by atoms with Gasteiger partial charge in [0.15, 0.2) is 0 Å². The van der Waals surface area contributed by atoms with E-state index in [1.165, 1.54) is 24.8 Å². The number of aromatic nitrogens is 3. The minimum atomic E-state index is 0.570. The van der Waals surface area contributed by atoms with Gasteiger partial charge in [-0.3, -0.25) is 0 Å². The van der Waals surface area contributed by atoms with Gasteiger partial charge in [0.2, 0.25) is 5.88 Å². The SMILES string of the molecule is COc1ccc(Cn2nc(C3CCC3)cc2Nc2cccc(OC)n2)cc1. The summed E-state index contributed by atoms with van der Waals surface area (Å²) in [6, 6.07) is 15.9. The number of methoxy groups -OCH3 is 2. The smallest absolute Gasteiger partial charge is 0.214 e. The first-order chi connectivity index (χ1) is 13.2. The summed E-state index contributed by atoms with van der Waals surface area (Å²) in [5, 5.41) is 8.27. The van der Waals surface area contributed by atoms with Crippen molar-refractivity contribution in [1.82, 2.24) is 14.8 Å². The third kappa shape index (κ3) is 3.89. The molecule has 27 heavy (non-hydrogen) atoms. The standard InChI is InChI=1S/C21H24N4O2/c1-26-17-11-9-15(10-12-17)14-25-20(13-18(24-25)16-5-3-6-16)22-19-7-4-8-21(23-19)27-2/h4,7-13,16H,3,5-6,14H2,1-2H3,(H,22,23). The summed E-state index contributed by atoms with van der Waals surface area (Å²) >= 11 is 0. The minimum Gasteiger partial charge on any atom is -0.497 e. The fourth-order valence-corrected chi connectivity index (χ4v) is 3.19. The Morgan fingerprint density at radius 1 is 1.07 bits per heavy atom. The van der Waals surface area contributed by atoms with Gasteiger partial charge in [-0.1, -0.05) is 24.6 Å². The molecule has 140 valence electrons. The van der Waals surface area contributed by atoms with E-state index < -0.39 is 0 Å². The van der Waals surface area contributed by atoms with Crippen LogP contribution in [0.2, 0.25) is 0 Å². The van der Waals surface area contributed by atoms with Crippen molar-refractivity contribution in [3.05, 3.63) is 59.8 Å². The maximum absolute atomic E-state index is 5.25. The number of rotatable bonds is 7. The van der Waals surface area contributed by atoms with Crippen LogP contribution in [0.25, 0.3) is 0 Å². The van der Waals surface area contributed by atoms with E-state index in [0.29, 0.717) is 18.3 Å². The highest BCUT2D eigenvalue weighted by Crippen LogP contribution is 2.37.